The van der Waals surface area contributed by atoms with Crippen molar-refractivity contribution in [1.29, 1.82) is 0 Å². The van der Waals surface area contributed by atoms with Crippen molar-refractivity contribution in [3.05, 3.63) is 17.2 Å². The highest BCUT2D eigenvalue weighted by Crippen LogP contribution is 2.36. The van der Waals surface area contributed by atoms with Crippen LogP contribution in [0.2, 0.25) is 0 Å². The fraction of sp³-hybridized carbons (Fsp3) is 0.783. The molecular weight excluding hydrogens is 378 g/mol. The van der Waals surface area contributed by atoms with E-state index in [1.165, 1.54) is 12.8 Å². The molecule has 0 spiro atoms. The Labute approximate surface area is 181 Å². The average Bonchev–Trinajstić information content (AvgIpc) is 2.91. The summed E-state index contributed by atoms with van der Waals surface area (Å²) in [5.41, 5.74) is 1.09. The van der Waals surface area contributed by atoms with Gasteiger partial charge in [-0.2, -0.15) is 0 Å². The third-order valence-electron chi connectivity index (χ3n) is 6.69. The minimum Gasteiger partial charge on any atom is -0.357 e. The topological polar surface area (TPSA) is 79.3 Å². The minimum atomic E-state index is -0.616. The zero-order valence-electron chi connectivity index (χ0n) is 19.5. The van der Waals surface area contributed by atoms with Crippen LogP contribution in [-0.4, -0.2) is 52.9 Å². The van der Waals surface area contributed by atoms with E-state index in [2.05, 4.69) is 34.1 Å². The molecule has 3 rings (SSSR count). The van der Waals surface area contributed by atoms with E-state index in [1.807, 2.05) is 20.8 Å². The molecule has 168 valence electrons. The van der Waals surface area contributed by atoms with E-state index < -0.39 is 11.5 Å². The van der Waals surface area contributed by atoms with E-state index in [9.17, 15) is 9.59 Å². The molecule has 2 aliphatic rings. The fourth-order valence-electron chi connectivity index (χ4n) is 4.78. The number of rotatable bonds is 4. The molecule has 7 heteroatoms. The number of fused-ring (bicyclic) bond motifs is 1. The number of aromatic nitrogens is 2. The van der Waals surface area contributed by atoms with Crippen molar-refractivity contribution >= 4 is 11.8 Å². The lowest BCUT2D eigenvalue weighted by Gasteiger charge is -2.29. The first kappa shape index (κ1) is 22.8. The lowest BCUT2D eigenvalue weighted by Crippen LogP contribution is -2.53. The summed E-state index contributed by atoms with van der Waals surface area (Å²) in [5.74, 6) is 1.84. The highest BCUT2D eigenvalue weighted by molar-refractivity contribution is 5.97. The highest BCUT2D eigenvalue weighted by Gasteiger charge is 2.35. The van der Waals surface area contributed by atoms with Crippen molar-refractivity contribution in [1.82, 2.24) is 25.1 Å². The van der Waals surface area contributed by atoms with Gasteiger partial charge in [0.2, 0.25) is 5.91 Å². The second-order valence-corrected chi connectivity index (χ2v) is 10.4. The molecular formula is C23H39N5O2. The number of likely N-dealkylation sites (N-methyl/N-ethyl adjacent to an activating group) is 1. The molecule has 0 unspecified atom stereocenters. The maximum atomic E-state index is 13.4. The second kappa shape index (κ2) is 9.08. The molecule has 0 aromatic carbocycles. The number of hydrogen-bond donors (Lipinski definition) is 2. The molecule has 2 amide bonds. The first-order valence-electron chi connectivity index (χ1n) is 11.4. The Hall–Kier alpha value is -1.89. The summed E-state index contributed by atoms with van der Waals surface area (Å²) in [6, 6.07) is -0.616. The summed E-state index contributed by atoms with van der Waals surface area (Å²) < 4.78 is 2.31. The van der Waals surface area contributed by atoms with Gasteiger partial charge >= 0.3 is 0 Å². The normalized spacial score (nSPS) is 23.9. The Bertz CT molecular complexity index is 771. The Morgan fingerprint density at radius 2 is 1.80 bits per heavy atom. The highest BCUT2D eigenvalue weighted by atomic mass is 16.2. The van der Waals surface area contributed by atoms with Gasteiger partial charge in [0.1, 0.15) is 11.9 Å². The van der Waals surface area contributed by atoms with E-state index in [1.54, 1.807) is 7.05 Å². The van der Waals surface area contributed by atoms with Gasteiger partial charge in [0.25, 0.3) is 5.91 Å². The molecule has 0 saturated heterocycles. The summed E-state index contributed by atoms with van der Waals surface area (Å²) in [4.78, 5) is 33.0. The monoisotopic (exact) mass is 417 g/mol. The molecule has 1 aromatic heterocycles. The van der Waals surface area contributed by atoms with Crippen LogP contribution in [0.5, 0.6) is 0 Å². The first-order valence-corrected chi connectivity index (χ1v) is 11.4. The maximum absolute atomic E-state index is 13.4. The van der Waals surface area contributed by atoms with Crippen LogP contribution < -0.4 is 10.6 Å². The smallest absolute Gasteiger partial charge is 0.272 e. The van der Waals surface area contributed by atoms with Gasteiger partial charge in [-0.1, -0.05) is 40.5 Å². The van der Waals surface area contributed by atoms with Crippen LogP contribution in [0.3, 0.4) is 0 Å². The Balaban J connectivity index is 1.95. The van der Waals surface area contributed by atoms with Crippen molar-refractivity contribution in [2.45, 2.75) is 84.8 Å². The molecule has 2 heterocycles. The van der Waals surface area contributed by atoms with Gasteiger partial charge in [-0.3, -0.25) is 9.59 Å². The van der Waals surface area contributed by atoms with Crippen molar-refractivity contribution in [3.63, 3.8) is 0 Å². The molecule has 1 saturated carbocycles. The predicted octanol–water partition coefficient (Wildman–Crippen LogP) is 2.90. The summed E-state index contributed by atoms with van der Waals surface area (Å²) in [6.45, 7) is 10.8. The summed E-state index contributed by atoms with van der Waals surface area (Å²) in [5, 5.41) is 5.67. The number of hydrogen-bond acceptors (Lipinski definition) is 4. The molecule has 1 fully saturated rings. The van der Waals surface area contributed by atoms with Gasteiger partial charge in [-0.15, -0.1) is 0 Å². The number of nitrogens with zero attached hydrogens (tertiary/aromatic N) is 3. The molecule has 1 aromatic rings. The van der Waals surface area contributed by atoms with E-state index >= 15 is 0 Å². The summed E-state index contributed by atoms with van der Waals surface area (Å²) in [6.07, 6.45) is 5.77. The van der Waals surface area contributed by atoms with Gasteiger partial charge in [0, 0.05) is 26.1 Å². The van der Waals surface area contributed by atoms with E-state index in [-0.39, 0.29) is 11.8 Å². The average molecular weight is 418 g/mol. The Kier molecular flexibility index (Phi) is 6.90. The predicted molar refractivity (Wildman–Crippen MR) is 118 cm³/mol. The zero-order valence-corrected chi connectivity index (χ0v) is 19.5. The molecule has 1 aliphatic carbocycles. The van der Waals surface area contributed by atoms with Gasteiger partial charge in [0.05, 0.1) is 5.69 Å². The van der Waals surface area contributed by atoms with Crippen molar-refractivity contribution in [2.75, 3.05) is 20.6 Å². The number of imidazole rings is 1. The van der Waals surface area contributed by atoms with Crippen LogP contribution in [0, 0.1) is 11.3 Å². The van der Waals surface area contributed by atoms with Gasteiger partial charge < -0.3 is 20.1 Å². The number of amides is 2. The van der Waals surface area contributed by atoms with Crippen LogP contribution in [0.15, 0.2) is 0 Å². The van der Waals surface area contributed by atoms with Crippen LogP contribution in [0.4, 0.5) is 0 Å². The molecule has 2 N–H and O–H groups in total. The third-order valence-corrected chi connectivity index (χ3v) is 6.69. The van der Waals surface area contributed by atoms with Gasteiger partial charge in [-0.25, -0.2) is 4.98 Å². The fourth-order valence-corrected chi connectivity index (χ4v) is 4.78. The third kappa shape index (κ3) is 4.88. The number of nitrogens with one attached hydrogen (secondary N) is 2. The Morgan fingerprint density at radius 3 is 2.40 bits per heavy atom. The lowest BCUT2D eigenvalue weighted by molar-refractivity contribution is -0.124. The SMILES string of the molecule is CNC(=O)[C@@H](NC(=O)c1nc(C2CCC(C)CC2)n2c1CN(C)CCC2)C(C)(C)C. The van der Waals surface area contributed by atoms with Gasteiger partial charge in [-0.05, 0) is 44.2 Å². The van der Waals surface area contributed by atoms with E-state index in [0.717, 1.165) is 49.8 Å². The molecule has 30 heavy (non-hydrogen) atoms. The van der Waals surface area contributed by atoms with Crippen LogP contribution >= 0.6 is 0 Å². The molecule has 1 aliphatic heterocycles. The van der Waals surface area contributed by atoms with Crippen LogP contribution in [0.25, 0.3) is 0 Å². The second-order valence-electron chi connectivity index (χ2n) is 10.4. The minimum absolute atomic E-state index is 0.181. The molecule has 1 atom stereocenters. The molecule has 0 bridgehead atoms. The zero-order chi connectivity index (χ0) is 22.1. The summed E-state index contributed by atoms with van der Waals surface area (Å²) >= 11 is 0. The van der Waals surface area contributed by atoms with Crippen molar-refractivity contribution in [3.8, 4) is 0 Å². The number of carbonyl (C=O) groups is 2. The number of carbonyl (C=O) groups excluding carboxylic acids is 2. The largest absolute Gasteiger partial charge is 0.357 e. The van der Waals surface area contributed by atoms with Gasteiger partial charge in [0.15, 0.2) is 5.69 Å². The van der Waals surface area contributed by atoms with E-state index in [4.69, 9.17) is 4.98 Å². The molecule has 0 radical (unpaired) electrons. The standard InChI is InChI=1S/C23H39N5O2/c1-15-8-10-16(11-9-15)20-25-18(17-14-27(6)12-7-13-28(17)20)21(29)26-19(22(30)24-5)23(2,3)4/h15-16,19H,7-14H2,1-6H3,(H,24,30)(H,26,29)/t15?,16?,19-/m1/s1. The molecule has 7 nitrogen and oxygen atoms in total. The maximum Gasteiger partial charge on any atom is 0.272 e. The van der Waals surface area contributed by atoms with E-state index in [0.29, 0.717) is 18.2 Å². The van der Waals surface area contributed by atoms with Crippen LogP contribution in [0.1, 0.15) is 87.7 Å². The summed E-state index contributed by atoms with van der Waals surface area (Å²) in [7, 11) is 3.70. The van der Waals surface area contributed by atoms with Crippen molar-refractivity contribution in [2.24, 2.45) is 11.3 Å². The Morgan fingerprint density at radius 1 is 1.13 bits per heavy atom. The lowest BCUT2D eigenvalue weighted by atomic mass is 9.82. The quantitative estimate of drug-likeness (QED) is 0.790. The first-order chi connectivity index (χ1) is 14.1. The van der Waals surface area contributed by atoms with Crippen LogP contribution in [-0.2, 0) is 17.9 Å². The van der Waals surface area contributed by atoms with Crippen molar-refractivity contribution < 1.29 is 9.59 Å².